The summed E-state index contributed by atoms with van der Waals surface area (Å²) in [6.07, 6.45) is 1.99. The largest absolute Gasteiger partial charge is 0.481 e. The lowest BCUT2D eigenvalue weighted by atomic mass is 9.97. The Kier molecular flexibility index (Phi) is 8.93. The average molecular weight is 495 g/mol. The molecule has 2 aromatic rings. The number of aliphatic hydroxyl groups excluding tert-OH is 1. The zero-order valence-corrected chi connectivity index (χ0v) is 20.0. The molecule has 1 aromatic carbocycles. The highest BCUT2D eigenvalue weighted by Crippen LogP contribution is 2.31. The highest BCUT2D eigenvalue weighted by Gasteiger charge is 2.23. The molecule has 0 aliphatic heterocycles. The summed E-state index contributed by atoms with van der Waals surface area (Å²) in [5, 5.41) is 21.9. The van der Waals surface area contributed by atoms with Gasteiger partial charge in [0.1, 0.15) is 11.9 Å². The maximum Gasteiger partial charge on any atom is 0.305 e. The maximum absolute atomic E-state index is 13.5. The molecule has 2 rings (SSSR count). The van der Waals surface area contributed by atoms with Crippen LogP contribution < -0.4 is 4.31 Å². The van der Waals surface area contributed by atoms with Crippen LogP contribution in [0.4, 0.5) is 10.3 Å². The number of benzene rings is 1. The summed E-state index contributed by atoms with van der Waals surface area (Å²) in [6, 6.07) is 4.33. The quantitative estimate of drug-likeness (QED) is 0.452. The molecule has 10 nitrogen and oxygen atoms in total. The number of carbonyl (C=O) groups is 1. The van der Waals surface area contributed by atoms with Crippen LogP contribution in [-0.2, 0) is 14.8 Å². The molecule has 0 bridgehead atoms. The third kappa shape index (κ3) is 7.12. The van der Waals surface area contributed by atoms with E-state index in [1.54, 1.807) is 0 Å². The summed E-state index contributed by atoms with van der Waals surface area (Å²) in [7, 11) is -2.35. The normalized spacial score (nSPS) is 13.7. The van der Waals surface area contributed by atoms with E-state index in [1.807, 2.05) is 13.8 Å². The van der Waals surface area contributed by atoms with Crippen molar-refractivity contribution in [2.24, 2.45) is 5.18 Å². The minimum Gasteiger partial charge on any atom is -0.481 e. The van der Waals surface area contributed by atoms with E-state index < -0.39 is 40.4 Å². The van der Waals surface area contributed by atoms with Gasteiger partial charge in [-0.2, -0.15) is 4.91 Å². The third-order valence-electron chi connectivity index (χ3n) is 4.96. The van der Waals surface area contributed by atoms with Gasteiger partial charge >= 0.3 is 5.97 Å². The number of hydrogen-bond acceptors (Lipinski definition) is 8. The van der Waals surface area contributed by atoms with Gasteiger partial charge in [0.25, 0.3) is 0 Å². The Morgan fingerprint density at radius 2 is 1.85 bits per heavy atom. The number of rotatable bonds is 11. The summed E-state index contributed by atoms with van der Waals surface area (Å²) >= 11 is 0. The van der Waals surface area contributed by atoms with Crippen molar-refractivity contribution < 1.29 is 27.8 Å². The highest BCUT2D eigenvalue weighted by atomic mass is 32.2. The minimum atomic E-state index is -3.67. The van der Waals surface area contributed by atoms with Crippen molar-refractivity contribution in [3.8, 4) is 11.3 Å². The molecule has 0 aliphatic carbocycles. The number of halogens is 1. The Bertz CT molecular complexity index is 1170. The first-order chi connectivity index (χ1) is 15.8. The number of nitrogens with zero attached hydrogens (tertiary/aromatic N) is 4. The van der Waals surface area contributed by atoms with Crippen molar-refractivity contribution in [1.29, 1.82) is 0 Å². The molecule has 0 amide bonds. The first-order valence-corrected chi connectivity index (χ1v) is 12.2. The summed E-state index contributed by atoms with van der Waals surface area (Å²) in [4.78, 5) is 30.6. The predicted octanol–water partition coefficient (Wildman–Crippen LogP) is 3.18. The van der Waals surface area contributed by atoms with Crippen molar-refractivity contribution in [3.63, 3.8) is 0 Å². The number of aliphatic hydroxyl groups is 1. The molecular formula is C22H27FN4O6S. The second-order valence-corrected chi connectivity index (χ2v) is 10.1. The van der Waals surface area contributed by atoms with Gasteiger partial charge in [0, 0.05) is 24.6 Å². The molecule has 0 spiro atoms. The van der Waals surface area contributed by atoms with Crippen molar-refractivity contribution in [2.75, 3.05) is 17.6 Å². The standard InChI is InChI=1S/C22H27FN4O6S/c1-13(2)20-18(10-9-17(28)11-16(26-31)12-19(29)30)21(14-5-7-15(23)8-6-14)25-22(24-20)27(3)34(4,32)33/h5-10,13,16-17,28H,11-12H2,1-4H3,(H,29,30)/b10-9+/t16-,17-/m1/s1. The Labute approximate surface area is 197 Å². The minimum absolute atomic E-state index is 0.0742. The Hall–Kier alpha value is -3.25. The molecule has 0 aliphatic rings. The summed E-state index contributed by atoms with van der Waals surface area (Å²) in [5.41, 5.74) is 1.73. The molecular weight excluding hydrogens is 467 g/mol. The number of aliphatic carboxylic acids is 1. The molecule has 0 fully saturated rings. The maximum atomic E-state index is 13.5. The third-order valence-corrected chi connectivity index (χ3v) is 6.12. The molecule has 0 saturated heterocycles. The summed E-state index contributed by atoms with van der Waals surface area (Å²) in [6.45, 7) is 3.68. The van der Waals surface area contributed by atoms with Crippen LogP contribution in [0.1, 0.15) is 43.9 Å². The van der Waals surface area contributed by atoms with Crippen molar-refractivity contribution in [2.45, 2.75) is 44.8 Å². The van der Waals surface area contributed by atoms with E-state index in [0.717, 1.165) is 10.6 Å². The van der Waals surface area contributed by atoms with Gasteiger partial charge < -0.3 is 10.2 Å². The van der Waals surface area contributed by atoms with Crippen LogP contribution in [0.3, 0.4) is 0 Å². The number of anilines is 1. The van der Waals surface area contributed by atoms with Gasteiger partial charge in [0.2, 0.25) is 16.0 Å². The average Bonchev–Trinajstić information content (AvgIpc) is 2.75. The first-order valence-electron chi connectivity index (χ1n) is 10.4. The molecule has 2 atom stereocenters. The van der Waals surface area contributed by atoms with Crippen molar-refractivity contribution >= 4 is 28.0 Å². The Balaban J connectivity index is 2.62. The fourth-order valence-corrected chi connectivity index (χ4v) is 3.50. The topological polar surface area (TPSA) is 150 Å². The number of aromatic nitrogens is 2. The van der Waals surface area contributed by atoms with Crippen LogP contribution >= 0.6 is 0 Å². The van der Waals surface area contributed by atoms with E-state index in [4.69, 9.17) is 5.11 Å². The SMILES string of the molecule is CC(C)c1nc(N(C)S(C)(=O)=O)nc(-c2ccc(F)cc2)c1/C=C/[C@@H](O)C[C@H](CC(=O)O)N=O. The van der Waals surface area contributed by atoms with Gasteiger partial charge in [-0.3, -0.25) is 4.79 Å². The second kappa shape index (κ2) is 11.3. The van der Waals surface area contributed by atoms with E-state index in [2.05, 4.69) is 15.1 Å². The summed E-state index contributed by atoms with van der Waals surface area (Å²) in [5.74, 6) is -1.94. The first kappa shape index (κ1) is 27.0. The van der Waals surface area contributed by atoms with Crippen LogP contribution in [0, 0.1) is 10.7 Å². The van der Waals surface area contributed by atoms with Gasteiger partial charge in [-0.25, -0.2) is 27.1 Å². The lowest BCUT2D eigenvalue weighted by molar-refractivity contribution is -0.137. The van der Waals surface area contributed by atoms with Gasteiger partial charge in [-0.05, 0) is 30.2 Å². The van der Waals surface area contributed by atoms with E-state index >= 15 is 0 Å². The smallest absolute Gasteiger partial charge is 0.305 e. The van der Waals surface area contributed by atoms with E-state index in [9.17, 15) is 27.6 Å². The number of hydrogen-bond donors (Lipinski definition) is 2. The van der Waals surface area contributed by atoms with Gasteiger partial charge in [0.05, 0.1) is 30.2 Å². The van der Waals surface area contributed by atoms with Crippen molar-refractivity contribution in [3.05, 3.63) is 52.3 Å². The van der Waals surface area contributed by atoms with E-state index in [1.165, 1.54) is 43.5 Å². The van der Waals surface area contributed by atoms with Crippen LogP contribution in [-0.4, -0.2) is 60.0 Å². The fraction of sp³-hybridized carbons (Fsp3) is 0.409. The molecule has 34 heavy (non-hydrogen) atoms. The lowest BCUT2D eigenvalue weighted by Gasteiger charge is -2.20. The van der Waals surface area contributed by atoms with Crippen LogP contribution in [0.25, 0.3) is 17.3 Å². The van der Waals surface area contributed by atoms with Gasteiger partial charge in [-0.1, -0.05) is 31.2 Å². The zero-order chi connectivity index (χ0) is 25.6. The van der Waals surface area contributed by atoms with E-state index in [0.29, 0.717) is 22.5 Å². The molecule has 184 valence electrons. The summed E-state index contributed by atoms with van der Waals surface area (Å²) < 4.78 is 38.6. The molecule has 1 heterocycles. The Morgan fingerprint density at radius 3 is 2.35 bits per heavy atom. The molecule has 0 radical (unpaired) electrons. The van der Waals surface area contributed by atoms with Gasteiger partial charge in [0.15, 0.2) is 0 Å². The van der Waals surface area contributed by atoms with Crippen LogP contribution in [0.5, 0.6) is 0 Å². The second-order valence-electron chi connectivity index (χ2n) is 8.08. The van der Waals surface area contributed by atoms with Crippen molar-refractivity contribution in [1.82, 2.24) is 9.97 Å². The number of nitroso groups, excluding NO2 is 1. The predicted molar refractivity (Wildman–Crippen MR) is 126 cm³/mol. The van der Waals surface area contributed by atoms with Gasteiger partial charge in [-0.15, -0.1) is 0 Å². The molecule has 12 heteroatoms. The number of carboxylic acids is 1. The monoisotopic (exact) mass is 494 g/mol. The van der Waals surface area contributed by atoms with E-state index in [-0.39, 0.29) is 18.3 Å². The Morgan fingerprint density at radius 1 is 1.24 bits per heavy atom. The zero-order valence-electron chi connectivity index (χ0n) is 19.2. The van der Waals surface area contributed by atoms with Crippen LogP contribution in [0.2, 0.25) is 0 Å². The lowest BCUT2D eigenvalue weighted by Crippen LogP contribution is -2.27. The molecule has 0 unspecified atom stereocenters. The highest BCUT2D eigenvalue weighted by molar-refractivity contribution is 7.92. The number of sulfonamides is 1. The molecule has 0 saturated carbocycles. The van der Waals surface area contributed by atoms with Crippen LogP contribution in [0.15, 0.2) is 35.5 Å². The molecule has 2 N–H and O–H groups in total. The molecule has 1 aromatic heterocycles. The number of carboxylic acid groups (broad SMARTS) is 1. The fourth-order valence-electron chi connectivity index (χ4n) is 3.13.